The highest BCUT2D eigenvalue weighted by Crippen LogP contribution is 2.35. The van der Waals surface area contributed by atoms with Crippen LogP contribution in [0.25, 0.3) is 0 Å². The average Bonchev–Trinajstić information content (AvgIpc) is 2.96. The lowest BCUT2D eigenvalue weighted by Gasteiger charge is -2.16. The molecule has 1 unspecified atom stereocenters. The normalized spacial score (nSPS) is 15.2. The minimum atomic E-state index is -0.773. The van der Waals surface area contributed by atoms with E-state index < -0.39 is 5.97 Å². The van der Waals surface area contributed by atoms with Gasteiger partial charge in [-0.05, 0) is 60.1 Å². The molecule has 7 heteroatoms. The molecule has 4 rings (SSSR count). The van der Waals surface area contributed by atoms with E-state index in [1.54, 1.807) is 12.1 Å². The second-order valence-electron chi connectivity index (χ2n) is 8.39. The van der Waals surface area contributed by atoms with Crippen molar-refractivity contribution in [3.05, 3.63) is 88.5 Å². The average molecular weight is 463 g/mol. The van der Waals surface area contributed by atoms with Gasteiger partial charge in [-0.15, -0.1) is 0 Å². The molecule has 7 nitrogen and oxygen atoms in total. The van der Waals surface area contributed by atoms with Crippen LogP contribution in [-0.2, 0) is 17.6 Å². The molecule has 0 aliphatic heterocycles. The van der Waals surface area contributed by atoms with E-state index in [0.29, 0.717) is 43.8 Å². The molecule has 0 saturated carbocycles. The number of benzene rings is 2. The van der Waals surface area contributed by atoms with Crippen molar-refractivity contribution in [2.75, 3.05) is 19.8 Å². The highest BCUT2D eigenvalue weighted by atomic mass is 16.5. The molecule has 0 amide bonds. The molecule has 2 N–H and O–H groups in total. The summed E-state index contributed by atoms with van der Waals surface area (Å²) in [7, 11) is 0. The van der Waals surface area contributed by atoms with Gasteiger partial charge < -0.3 is 19.8 Å². The Balaban J connectivity index is 1.40. The number of fused-ring (bicyclic) bond motifs is 2. The van der Waals surface area contributed by atoms with E-state index in [2.05, 4.69) is 29.3 Å². The predicted molar refractivity (Wildman–Crippen MR) is 128 cm³/mol. The Kier molecular flexibility index (Phi) is 7.52. The molecule has 0 fully saturated rings. The molecule has 34 heavy (non-hydrogen) atoms. The largest absolute Gasteiger partial charge is 0.494 e. The van der Waals surface area contributed by atoms with E-state index in [0.717, 1.165) is 22.5 Å². The lowest BCUT2D eigenvalue weighted by Crippen LogP contribution is -2.19. The van der Waals surface area contributed by atoms with Crippen molar-refractivity contribution in [1.29, 1.82) is 0 Å². The van der Waals surface area contributed by atoms with Crippen LogP contribution in [0.3, 0.4) is 0 Å². The van der Waals surface area contributed by atoms with Crippen LogP contribution in [0.15, 0.2) is 65.8 Å². The number of carboxylic acid groups (broad SMARTS) is 1. The Morgan fingerprint density at radius 1 is 1.06 bits per heavy atom. The van der Waals surface area contributed by atoms with Gasteiger partial charge in [0.05, 0.1) is 19.6 Å². The molecule has 0 radical (unpaired) electrons. The van der Waals surface area contributed by atoms with Crippen molar-refractivity contribution in [3.63, 3.8) is 0 Å². The van der Waals surface area contributed by atoms with Gasteiger partial charge in [-0.25, -0.2) is 0 Å². The number of aromatic nitrogens is 1. The first-order valence-electron chi connectivity index (χ1n) is 11.6. The Morgan fingerprint density at radius 2 is 1.88 bits per heavy atom. The van der Waals surface area contributed by atoms with Crippen LogP contribution in [0.1, 0.15) is 47.9 Å². The second-order valence-corrected chi connectivity index (χ2v) is 8.39. The third kappa shape index (κ3) is 5.78. The van der Waals surface area contributed by atoms with Gasteiger partial charge in [0.15, 0.2) is 5.49 Å². The fraction of sp³-hybridized carbons (Fsp3) is 0.333. The zero-order valence-electron chi connectivity index (χ0n) is 19.3. The number of aliphatic carboxylic acids is 1. The molecule has 0 saturated heterocycles. The van der Waals surface area contributed by atoms with Crippen LogP contribution in [0.4, 0.5) is 0 Å². The molecular formula is C27H30N2O5. The van der Waals surface area contributed by atoms with E-state index in [9.17, 15) is 15.1 Å². The van der Waals surface area contributed by atoms with Crippen molar-refractivity contribution >= 4 is 5.97 Å². The summed E-state index contributed by atoms with van der Waals surface area (Å²) in [5, 5.41) is 19.3. The molecular weight excluding hydrogens is 432 g/mol. The Bertz CT molecular complexity index is 1220. The number of carbonyl (C=O) groups is 1. The van der Waals surface area contributed by atoms with E-state index >= 15 is 0 Å². The summed E-state index contributed by atoms with van der Waals surface area (Å²) in [6.07, 6.45) is 3.80. The third-order valence-electron chi connectivity index (χ3n) is 5.98. The molecule has 1 heterocycles. The lowest BCUT2D eigenvalue weighted by molar-refractivity contribution is -0.137. The maximum atomic E-state index is 11.4. The SMILES string of the molecule is CCOc1ccn(O)c(=NCCCOc2ccc3c(c2)Cc2ccccc2C(CC(=O)O)C3)c1. The van der Waals surface area contributed by atoms with Crippen molar-refractivity contribution in [2.45, 2.75) is 38.5 Å². The first-order chi connectivity index (χ1) is 16.5. The molecule has 1 aliphatic rings. The van der Waals surface area contributed by atoms with Crippen LogP contribution >= 0.6 is 0 Å². The van der Waals surface area contributed by atoms with Gasteiger partial charge in [-0.2, -0.15) is 4.73 Å². The Hall–Kier alpha value is -3.74. The summed E-state index contributed by atoms with van der Waals surface area (Å²) in [5.74, 6) is 0.659. The first-order valence-corrected chi connectivity index (χ1v) is 11.6. The van der Waals surface area contributed by atoms with E-state index in [1.165, 1.54) is 22.9 Å². The summed E-state index contributed by atoms with van der Waals surface area (Å²) in [6, 6.07) is 17.6. The third-order valence-corrected chi connectivity index (χ3v) is 5.98. The number of hydrogen-bond acceptors (Lipinski definition) is 5. The number of nitrogens with zero attached hydrogens (tertiary/aromatic N) is 2. The molecule has 3 aromatic rings. The number of ether oxygens (including phenoxy) is 2. The topological polar surface area (TPSA) is 93.3 Å². The summed E-state index contributed by atoms with van der Waals surface area (Å²) in [5.41, 5.74) is 5.09. The van der Waals surface area contributed by atoms with Gasteiger partial charge in [-0.1, -0.05) is 30.3 Å². The van der Waals surface area contributed by atoms with Crippen molar-refractivity contribution in [3.8, 4) is 11.5 Å². The molecule has 178 valence electrons. The molecule has 1 aromatic heterocycles. The quantitative estimate of drug-likeness (QED) is 0.367. The van der Waals surface area contributed by atoms with Gasteiger partial charge in [-0.3, -0.25) is 9.79 Å². The first kappa shape index (κ1) is 23.4. The highest BCUT2D eigenvalue weighted by molar-refractivity contribution is 5.68. The lowest BCUT2D eigenvalue weighted by atomic mass is 9.89. The standard InChI is InChI=1S/C27H30N2O5/c1-2-33-24-10-12-29(32)26(18-24)28-11-5-13-34-23-9-8-19-14-22(17-27(30)31)25-7-4-3-6-20(25)15-21(19)16-23/h3-4,6-10,12,16,18,22,32H,2,5,11,13-15,17H2,1H3,(H,30,31). The summed E-state index contributed by atoms with van der Waals surface area (Å²) < 4.78 is 12.4. The smallest absolute Gasteiger partial charge is 0.303 e. The number of carboxylic acids is 1. The molecule has 0 spiro atoms. The van der Waals surface area contributed by atoms with E-state index in [1.807, 2.05) is 25.1 Å². The van der Waals surface area contributed by atoms with E-state index in [4.69, 9.17) is 9.47 Å². The fourth-order valence-electron chi connectivity index (χ4n) is 4.41. The number of hydrogen-bond donors (Lipinski definition) is 2. The number of rotatable bonds is 9. The summed E-state index contributed by atoms with van der Waals surface area (Å²) in [4.78, 5) is 15.9. The van der Waals surface area contributed by atoms with Gasteiger partial charge in [0.25, 0.3) is 0 Å². The maximum absolute atomic E-state index is 11.4. The Labute approximate surface area is 198 Å². The fourth-order valence-corrected chi connectivity index (χ4v) is 4.41. The van der Waals surface area contributed by atoms with Crippen LogP contribution < -0.4 is 15.0 Å². The minimum absolute atomic E-state index is 0.0288. The van der Waals surface area contributed by atoms with Crippen molar-refractivity contribution < 1.29 is 24.6 Å². The van der Waals surface area contributed by atoms with Gasteiger partial charge in [0, 0.05) is 31.3 Å². The van der Waals surface area contributed by atoms with Crippen molar-refractivity contribution in [1.82, 2.24) is 4.73 Å². The molecule has 0 bridgehead atoms. The maximum Gasteiger partial charge on any atom is 0.303 e. The van der Waals surface area contributed by atoms with Gasteiger partial charge >= 0.3 is 5.97 Å². The Morgan fingerprint density at radius 3 is 2.71 bits per heavy atom. The van der Waals surface area contributed by atoms with E-state index in [-0.39, 0.29) is 12.3 Å². The predicted octanol–water partition coefficient (Wildman–Crippen LogP) is 4.20. The van der Waals surface area contributed by atoms with Crippen molar-refractivity contribution in [2.24, 2.45) is 4.99 Å². The van der Waals surface area contributed by atoms with Crippen LogP contribution in [0, 0.1) is 0 Å². The molecule has 1 atom stereocenters. The second kappa shape index (κ2) is 10.9. The summed E-state index contributed by atoms with van der Waals surface area (Å²) in [6.45, 7) is 3.46. The molecule has 2 aromatic carbocycles. The van der Waals surface area contributed by atoms with Crippen LogP contribution in [0.5, 0.6) is 11.5 Å². The van der Waals surface area contributed by atoms with Gasteiger partial charge in [0.1, 0.15) is 11.5 Å². The van der Waals surface area contributed by atoms with Crippen LogP contribution in [-0.4, -0.2) is 40.8 Å². The minimum Gasteiger partial charge on any atom is -0.494 e. The monoisotopic (exact) mass is 462 g/mol. The summed E-state index contributed by atoms with van der Waals surface area (Å²) >= 11 is 0. The van der Waals surface area contributed by atoms with Crippen LogP contribution in [0.2, 0.25) is 0 Å². The zero-order chi connectivity index (χ0) is 23.9. The van der Waals surface area contributed by atoms with Gasteiger partial charge in [0.2, 0.25) is 0 Å². The number of pyridine rings is 1. The molecule has 1 aliphatic carbocycles. The zero-order valence-corrected chi connectivity index (χ0v) is 19.3. The highest BCUT2D eigenvalue weighted by Gasteiger charge is 2.24.